The molecule has 0 aliphatic carbocycles. The maximum atomic E-state index is 13.0. The van der Waals surface area contributed by atoms with Gasteiger partial charge in [-0.3, -0.25) is 4.79 Å². The molecule has 1 saturated heterocycles. The molecule has 0 radical (unpaired) electrons. The minimum atomic E-state index is -0.271. The summed E-state index contributed by atoms with van der Waals surface area (Å²) in [4.78, 5) is 23.9. The summed E-state index contributed by atoms with van der Waals surface area (Å²) in [5.41, 5.74) is 3.08. The lowest BCUT2D eigenvalue weighted by Gasteiger charge is -2.32. The van der Waals surface area contributed by atoms with Gasteiger partial charge in [0.05, 0.1) is 0 Å². The molecule has 2 heterocycles. The van der Waals surface area contributed by atoms with Crippen molar-refractivity contribution in [2.45, 2.75) is 26.3 Å². The topological polar surface area (TPSA) is 58.1 Å². The van der Waals surface area contributed by atoms with E-state index < -0.39 is 0 Å². The van der Waals surface area contributed by atoms with E-state index in [0.717, 1.165) is 48.7 Å². The monoisotopic (exact) mass is 404 g/mol. The number of rotatable bonds is 5. The Morgan fingerprint density at radius 2 is 1.90 bits per heavy atom. The standard InChI is InChI=1S/C24H25FN4O/c1-17-3-2-4-20(15-17)23-26-12-9-22(28-23)29-13-10-19(11-14-29)24(30)27-16-18-5-7-21(25)8-6-18/h2-9,12,15,19H,10-11,13-14,16H2,1H3,(H,27,30). The zero-order valence-corrected chi connectivity index (χ0v) is 17.0. The Hall–Kier alpha value is -3.28. The summed E-state index contributed by atoms with van der Waals surface area (Å²) < 4.78 is 13.0. The fourth-order valence-corrected chi connectivity index (χ4v) is 3.76. The Morgan fingerprint density at radius 1 is 1.13 bits per heavy atom. The zero-order valence-electron chi connectivity index (χ0n) is 17.0. The Balaban J connectivity index is 1.33. The van der Waals surface area contributed by atoms with Crippen molar-refractivity contribution in [1.29, 1.82) is 0 Å². The van der Waals surface area contributed by atoms with Crippen molar-refractivity contribution in [3.63, 3.8) is 0 Å². The number of aromatic nitrogens is 2. The highest BCUT2D eigenvalue weighted by Crippen LogP contribution is 2.24. The largest absolute Gasteiger partial charge is 0.356 e. The smallest absolute Gasteiger partial charge is 0.223 e. The highest BCUT2D eigenvalue weighted by Gasteiger charge is 2.25. The molecule has 30 heavy (non-hydrogen) atoms. The van der Waals surface area contributed by atoms with Crippen molar-refractivity contribution in [2.24, 2.45) is 5.92 Å². The van der Waals surface area contributed by atoms with Crippen molar-refractivity contribution in [2.75, 3.05) is 18.0 Å². The minimum Gasteiger partial charge on any atom is -0.356 e. The van der Waals surface area contributed by atoms with Crippen molar-refractivity contribution in [3.05, 3.63) is 77.7 Å². The van der Waals surface area contributed by atoms with Crippen LogP contribution in [0.25, 0.3) is 11.4 Å². The second-order valence-corrected chi connectivity index (χ2v) is 7.71. The predicted molar refractivity (Wildman–Crippen MR) is 115 cm³/mol. The third-order valence-corrected chi connectivity index (χ3v) is 5.49. The second kappa shape index (κ2) is 9.03. The second-order valence-electron chi connectivity index (χ2n) is 7.71. The molecule has 0 atom stereocenters. The van der Waals surface area contributed by atoms with E-state index >= 15 is 0 Å². The summed E-state index contributed by atoms with van der Waals surface area (Å²) in [6.07, 6.45) is 3.35. The van der Waals surface area contributed by atoms with Crippen LogP contribution in [0.4, 0.5) is 10.2 Å². The molecule has 5 nitrogen and oxygen atoms in total. The molecule has 1 amide bonds. The number of nitrogens with one attached hydrogen (secondary N) is 1. The number of halogens is 1. The van der Waals surface area contributed by atoms with Crippen molar-refractivity contribution in [3.8, 4) is 11.4 Å². The van der Waals surface area contributed by atoms with Crippen LogP contribution in [0.3, 0.4) is 0 Å². The van der Waals surface area contributed by atoms with Crippen LogP contribution in [0.15, 0.2) is 60.8 Å². The maximum Gasteiger partial charge on any atom is 0.223 e. The summed E-state index contributed by atoms with van der Waals surface area (Å²) >= 11 is 0. The van der Waals surface area contributed by atoms with Crippen LogP contribution < -0.4 is 10.2 Å². The van der Waals surface area contributed by atoms with Gasteiger partial charge in [-0.1, -0.05) is 35.9 Å². The van der Waals surface area contributed by atoms with E-state index in [0.29, 0.717) is 6.54 Å². The van der Waals surface area contributed by atoms with Gasteiger partial charge in [0.15, 0.2) is 5.82 Å². The van der Waals surface area contributed by atoms with Gasteiger partial charge < -0.3 is 10.2 Å². The number of piperidine rings is 1. The molecule has 6 heteroatoms. The number of hydrogen-bond donors (Lipinski definition) is 1. The molecule has 0 spiro atoms. The van der Waals surface area contributed by atoms with Crippen LogP contribution >= 0.6 is 0 Å². The van der Waals surface area contributed by atoms with E-state index in [4.69, 9.17) is 4.98 Å². The van der Waals surface area contributed by atoms with Gasteiger partial charge in [0.1, 0.15) is 11.6 Å². The maximum absolute atomic E-state index is 13.0. The number of nitrogens with zero attached hydrogens (tertiary/aromatic N) is 3. The molecule has 1 aliphatic heterocycles. The lowest BCUT2D eigenvalue weighted by Crippen LogP contribution is -2.40. The SMILES string of the molecule is Cc1cccc(-c2nccc(N3CCC(C(=O)NCc4ccc(F)cc4)CC3)n2)c1. The molecule has 1 aromatic heterocycles. The van der Waals surface area contributed by atoms with Gasteiger partial charge in [-0.05, 0) is 49.6 Å². The molecule has 3 aromatic rings. The number of benzene rings is 2. The molecule has 0 saturated carbocycles. The summed E-state index contributed by atoms with van der Waals surface area (Å²) in [5, 5.41) is 2.97. The normalized spacial score (nSPS) is 14.5. The van der Waals surface area contributed by atoms with E-state index in [1.54, 1.807) is 18.3 Å². The number of amides is 1. The third-order valence-electron chi connectivity index (χ3n) is 5.49. The van der Waals surface area contributed by atoms with E-state index in [9.17, 15) is 9.18 Å². The van der Waals surface area contributed by atoms with Gasteiger partial charge in [-0.15, -0.1) is 0 Å². The van der Waals surface area contributed by atoms with Crippen LogP contribution in [0, 0.1) is 18.7 Å². The highest BCUT2D eigenvalue weighted by molar-refractivity contribution is 5.79. The average molecular weight is 404 g/mol. The summed E-state index contributed by atoms with van der Waals surface area (Å²) in [7, 11) is 0. The molecular formula is C24H25FN4O. The molecule has 4 rings (SSSR count). The minimum absolute atomic E-state index is 0.0141. The van der Waals surface area contributed by atoms with Gasteiger partial charge in [-0.25, -0.2) is 14.4 Å². The van der Waals surface area contributed by atoms with Gasteiger partial charge in [0.25, 0.3) is 0 Å². The molecule has 1 fully saturated rings. The zero-order chi connectivity index (χ0) is 20.9. The number of anilines is 1. The highest BCUT2D eigenvalue weighted by atomic mass is 19.1. The molecular weight excluding hydrogens is 379 g/mol. The predicted octanol–water partition coefficient (Wildman–Crippen LogP) is 4.12. The quantitative estimate of drug-likeness (QED) is 0.695. The Bertz CT molecular complexity index is 1010. The van der Waals surface area contributed by atoms with Gasteiger partial charge in [0, 0.05) is 37.3 Å². The average Bonchev–Trinajstić information content (AvgIpc) is 2.79. The van der Waals surface area contributed by atoms with E-state index in [-0.39, 0.29) is 17.6 Å². The number of carbonyl (C=O) groups is 1. The first-order valence-corrected chi connectivity index (χ1v) is 10.3. The van der Waals surface area contributed by atoms with Crippen LogP contribution in [0.2, 0.25) is 0 Å². The molecule has 2 aromatic carbocycles. The molecule has 154 valence electrons. The molecule has 1 N–H and O–H groups in total. The van der Waals surface area contributed by atoms with Gasteiger partial charge in [0.2, 0.25) is 5.91 Å². The first-order chi connectivity index (χ1) is 14.6. The van der Waals surface area contributed by atoms with E-state index in [1.807, 2.05) is 18.2 Å². The first kappa shape index (κ1) is 20.0. The Labute approximate surface area is 176 Å². The Morgan fingerprint density at radius 3 is 2.63 bits per heavy atom. The first-order valence-electron chi connectivity index (χ1n) is 10.3. The van der Waals surface area contributed by atoms with Crippen LogP contribution in [0.5, 0.6) is 0 Å². The summed E-state index contributed by atoms with van der Waals surface area (Å²) in [6, 6.07) is 16.3. The van der Waals surface area contributed by atoms with Crippen molar-refractivity contribution in [1.82, 2.24) is 15.3 Å². The number of aryl methyl sites for hydroxylation is 1. The Kier molecular flexibility index (Phi) is 6.02. The van der Waals surface area contributed by atoms with Crippen LogP contribution in [-0.4, -0.2) is 29.0 Å². The molecule has 0 unspecified atom stereocenters. The lowest BCUT2D eigenvalue weighted by atomic mass is 9.96. The number of hydrogen-bond acceptors (Lipinski definition) is 4. The van der Waals surface area contributed by atoms with E-state index in [2.05, 4.69) is 34.3 Å². The molecule has 1 aliphatic rings. The summed E-state index contributed by atoms with van der Waals surface area (Å²) in [6.45, 7) is 4.03. The summed E-state index contributed by atoms with van der Waals surface area (Å²) in [5.74, 6) is 1.39. The number of carbonyl (C=O) groups excluding carboxylic acids is 1. The van der Waals surface area contributed by atoms with Gasteiger partial charge in [-0.2, -0.15) is 0 Å². The fraction of sp³-hybridized carbons (Fsp3) is 0.292. The van der Waals surface area contributed by atoms with Crippen molar-refractivity contribution < 1.29 is 9.18 Å². The van der Waals surface area contributed by atoms with Crippen molar-refractivity contribution >= 4 is 11.7 Å². The third kappa shape index (κ3) is 4.82. The fourth-order valence-electron chi connectivity index (χ4n) is 3.76. The van der Waals surface area contributed by atoms with Crippen LogP contribution in [0.1, 0.15) is 24.0 Å². The lowest BCUT2D eigenvalue weighted by molar-refractivity contribution is -0.125. The van der Waals surface area contributed by atoms with E-state index in [1.165, 1.54) is 17.7 Å². The van der Waals surface area contributed by atoms with Gasteiger partial charge >= 0.3 is 0 Å². The van der Waals surface area contributed by atoms with Crippen LogP contribution in [-0.2, 0) is 11.3 Å². The molecule has 0 bridgehead atoms.